The summed E-state index contributed by atoms with van der Waals surface area (Å²) in [6, 6.07) is 0. The van der Waals surface area contributed by atoms with Gasteiger partial charge in [-0.25, -0.2) is 4.79 Å². The van der Waals surface area contributed by atoms with Crippen molar-refractivity contribution in [3.63, 3.8) is 0 Å². The van der Waals surface area contributed by atoms with Crippen LogP contribution in [-0.2, 0) is 43.2 Å². The van der Waals surface area contributed by atoms with E-state index in [4.69, 9.17) is 5.21 Å². The third kappa shape index (κ3) is 41.5. The number of hydrogen-bond donors (Lipinski definition) is 5. The van der Waals surface area contributed by atoms with Crippen molar-refractivity contribution < 1.29 is 48.4 Å². The quantitative estimate of drug-likeness (QED) is 0.0482. The van der Waals surface area contributed by atoms with E-state index in [2.05, 4.69) is 54.2 Å². The SMILES string of the molecule is C.CCCCCCCCC.CCCCCCCCC.CN.CNC(=O)CCCC(=O)NC.CNC(=O)CCCC(=O)ON1C(=O)CCC1=O.O=C1CCC(=O)N1O. The van der Waals surface area contributed by atoms with Crippen molar-refractivity contribution in [2.24, 2.45) is 5.73 Å². The molecule has 0 bridgehead atoms. The number of carbonyl (C=O) groups is 8. The van der Waals surface area contributed by atoms with E-state index in [-0.39, 0.29) is 68.7 Å². The Bertz CT molecular complexity index is 1000. The second-order valence-corrected chi connectivity index (χ2v) is 12.9. The van der Waals surface area contributed by atoms with Gasteiger partial charge in [-0.05, 0) is 19.9 Å². The lowest BCUT2D eigenvalue weighted by molar-refractivity contribution is -0.197. The first-order valence-electron chi connectivity index (χ1n) is 20.6. The van der Waals surface area contributed by atoms with Crippen molar-refractivity contribution in [3.8, 4) is 0 Å². The molecule has 0 aromatic carbocycles. The zero-order valence-electron chi connectivity index (χ0n) is 36.1. The fourth-order valence-corrected chi connectivity index (χ4v) is 4.61. The van der Waals surface area contributed by atoms with Crippen molar-refractivity contribution >= 4 is 47.3 Å². The van der Waals surface area contributed by atoms with Crippen LogP contribution >= 0.6 is 0 Å². The summed E-state index contributed by atoms with van der Waals surface area (Å²) >= 11 is 0. The average Bonchev–Trinajstić information content (AvgIpc) is 3.68. The first-order chi connectivity index (χ1) is 26.8. The maximum absolute atomic E-state index is 11.3. The van der Waals surface area contributed by atoms with Crippen molar-refractivity contribution in [3.05, 3.63) is 0 Å². The van der Waals surface area contributed by atoms with Gasteiger partial charge in [0.25, 0.3) is 23.6 Å². The summed E-state index contributed by atoms with van der Waals surface area (Å²) < 4.78 is 0. The first kappa shape index (κ1) is 62.3. The Morgan fingerprint density at radius 3 is 1.02 bits per heavy atom. The molecular formula is C41H82N6O10. The number of rotatable bonds is 21. The van der Waals surface area contributed by atoms with Crippen LogP contribution in [0.25, 0.3) is 0 Å². The number of nitrogens with one attached hydrogen (secondary N) is 3. The summed E-state index contributed by atoms with van der Waals surface area (Å²) in [5, 5.41) is 16.5. The Morgan fingerprint density at radius 2 is 0.772 bits per heavy atom. The zero-order valence-corrected chi connectivity index (χ0v) is 36.1. The van der Waals surface area contributed by atoms with Crippen molar-refractivity contribution in [2.75, 3.05) is 28.2 Å². The van der Waals surface area contributed by atoms with E-state index < -0.39 is 29.6 Å². The van der Waals surface area contributed by atoms with Gasteiger partial charge in [0.15, 0.2) is 0 Å². The molecule has 16 heteroatoms. The van der Waals surface area contributed by atoms with Gasteiger partial charge in [-0.1, -0.05) is 125 Å². The molecule has 2 aliphatic rings. The monoisotopic (exact) mass is 819 g/mol. The van der Waals surface area contributed by atoms with Crippen LogP contribution in [0.1, 0.15) is 189 Å². The lowest BCUT2D eigenvalue weighted by Crippen LogP contribution is -2.32. The van der Waals surface area contributed by atoms with Gasteiger partial charge in [0.2, 0.25) is 17.7 Å². The summed E-state index contributed by atoms with van der Waals surface area (Å²) in [6.45, 7) is 9.05. The number of hydrogen-bond acceptors (Lipinski definition) is 11. The third-order valence-electron chi connectivity index (χ3n) is 8.07. The van der Waals surface area contributed by atoms with Gasteiger partial charge < -0.3 is 26.5 Å². The maximum Gasteiger partial charge on any atom is 0.333 e. The van der Waals surface area contributed by atoms with E-state index in [1.54, 1.807) is 14.1 Å². The lowest BCUT2D eigenvalue weighted by Gasteiger charge is -2.12. The largest absolute Gasteiger partial charge is 0.359 e. The Kier molecular flexibility index (Phi) is 50.8. The molecule has 0 aromatic rings. The number of imide groups is 2. The Hall–Kier alpha value is -3.92. The molecule has 6 N–H and O–H groups in total. The molecule has 0 saturated carbocycles. The first-order valence-corrected chi connectivity index (χ1v) is 20.6. The highest BCUT2D eigenvalue weighted by atomic mass is 16.7. The Balaban J connectivity index is -0.000000201. The minimum absolute atomic E-state index is 0. The second-order valence-electron chi connectivity index (χ2n) is 12.9. The maximum atomic E-state index is 11.3. The van der Waals surface area contributed by atoms with Gasteiger partial charge in [0.05, 0.1) is 0 Å². The van der Waals surface area contributed by atoms with E-state index in [0.717, 1.165) is 0 Å². The minimum atomic E-state index is -0.683. The molecule has 0 aromatic heterocycles. The Labute approximate surface area is 344 Å². The Morgan fingerprint density at radius 1 is 0.509 bits per heavy atom. The smallest absolute Gasteiger partial charge is 0.333 e. The molecule has 0 aliphatic carbocycles. The topological polar surface area (TPSA) is 235 Å². The molecule has 16 nitrogen and oxygen atoms in total. The number of nitrogens with zero attached hydrogens (tertiary/aromatic N) is 2. The zero-order chi connectivity index (χ0) is 43.6. The summed E-state index contributed by atoms with van der Waals surface area (Å²) in [7, 11) is 6.17. The standard InChI is InChI=1S/C10H14N2O5.2C9H20.C7H14N2O2.C4H5NO3.CH5N.CH4/c1-11-7(13)3-2-4-10(16)17-12-8(14)5-6-9(12)15;2*1-3-5-7-9-8-6-4-2;1-8-6(10)4-3-5-7(11)9-2;6-3-1-2-4(7)5(3)8;1-2;/h2-6H2,1H3,(H,11,13);2*3-9H2,1-2H3;3-5H2,1-2H3,(H,8,10)(H,9,11);8H,1-2H2;2H2,1H3;1H4. The predicted octanol–water partition coefficient (Wildman–Crippen LogP) is 6.41. The summed E-state index contributed by atoms with van der Waals surface area (Å²) in [5.41, 5.74) is 4.50. The molecule has 57 heavy (non-hydrogen) atoms. The van der Waals surface area contributed by atoms with Crippen LogP contribution in [0.2, 0.25) is 0 Å². The van der Waals surface area contributed by atoms with E-state index in [9.17, 15) is 38.4 Å². The van der Waals surface area contributed by atoms with Crippen LogP contribution in [0.5, 0.6) is 0 Å². The van der Waals surface area contributed by atoms with Crippen LogP contribution in [0.15, 0.2) is 0 Å². The average molecular weight is 819 g/mol. The highest BCUT2D eigenvalue weighted by molar-refractivity contribution is 6.01. The summed E-state index contributed by atoms with van der Waals surface area (Å²) in [5.74, 6) is -2.92. The summed E-state index contributed by atoms with van der Waals surface area (Å²) in [4.78, 5) is 90.7. The normalized spacial score (nSPS) is 12.3. The molecule has 0 atom stereocenters. The summed E-state index contributed by atoms with van der Waals surface area (Å²) in [6.07, 6.45) is 22.3. The molecule has 2 saturated heterocycles. The van der Waals surface area contributed by atoms with Gasteiger partial charge in [-0.3, -0.25) is 38.8 Å². The van der Waals surface area contributed by atoms with E-state index >= 15 is 0 Å². The number of amides is 7. The number of hydroxylamine groups is 4. The van der Waals surface area contributed by atoms with Gasteiger partial charge in [-0.15, -0.1) is 5.06 Å². The molecule has 2 aliphatic heterocycles. The lowest BCUT2D eigenvalue weighted by atomic mass is 10.1. The third-order valence-corrected chi connectivity index (χ3v) is 8.07. The molecule has 2 heterocycles. The van der Waals surface area contributed by atoms with Crippen molar-refractivity contribution in [1.29, 1.82) is 0 Å². The van der Waals surface area contributed by atoms with Crippen LogP contribution in [0, 0.1) is 0 Å². The molecule has 336 valence electrons. The molecule has 0 unspecified atom stereocenters. The highest BCUT2D eigenvalue weighted by Crippen LogP contribution is 2.13. The molecule has 2 rings (SSSR count). The van der Waals surface area contributed by atoms with E-state index in [1.165, 1.54) is 104 Å². The number of nitrogens with two attached hydrogens (primary N) is 1. The number of unbranched alkanes of at least 4 members (excludes halogenated alkanes) is 12. The molecule has 7 amide bonds. The van der Waals surface area contributed by atoms with Gasteiger partial charge in [-0.2, -0.15) is 5.06 Å². The van der Waals surface area contributed by atoms with Crippen molar-refractivity contribution in [1.82, 2.24) is 26.1 Å². The van der Waals surface area contributed by atoms with Gasteiger partial charge in [0, 0.05) is 72.5 Å². The van der Waals surface area contributed by atoms with Crippen LogP contribution in [0.4, 0.5) is 0 Å². The highest BCUT2D eigenvalue weighted by Gasteiger charge is 2.32. The minimum Gasteiger partial charge on any atom is -0.359 e. The van der Waals surface area contributed by atoms with E-state index in [0.29, 0.717) is 30.7 Å². The fraction of sp³-hybridized carbons (Fsp3) is 0.805. The predicted molar refractivity (Wildman–Crippen MR) is 224 cm³/mol. The molecule has 2 fully saturated rings. The van der Waals surface area contributed by atoms with Crippen LogP contribution < -0.4 is 21.7 Å². The van der Waals surface area contributed by atoms with E-state index in [1.807, 2.05) is 0 Å². The van der Waals surface area contributed by atoms with Crippen LogP contribution in [-0.4, -0.2) is 90.8 Å². The van der Waals surface area contributed by atoms with Crippen molar-refractivity contribution in [2.45, 2.75) is 189 Å². The van der Waals surface area contributed by atoms with Gasteiger partial charge >= 0.3 is 5.97 Å². The van der Waals surface area contributed by atoms with Gasteiger partial charge in [0.1, 0.15) is 0 Å². The fourth-order valence-electron chi connectivity index (χ4n) is 4.61. The molecule has 0 spiro atoms. The second kappa shape index (κ2) is 46.5. The molecular weight excluding hydrogens is 736 g/mol. The number of carbonyl (C=O) groups excluding carboxylic acids is 8. The molecule has 0 radical (unpaired) electrons. The van der Waals surface area contributed by atoms with Crippen LogP contribution in [0.3, 0.4) is 0 Å².